The van der Waals surface area contributed by atoms with Gasteiger partial charge in [0.1, 0.15) is 5.75 Å². The molecule has 0 spiro atoms. The first-order valence-electron chi connectivity index (χ1n) is 5.75. The molecular weight excluding hydrogens is 218 g/mol. The summed E-state index contributed by atoms with van der Waals surface area (Å²) in [4.78, 5) is 0. The molecule has 0 aliphatic heterocycles. The van der Waals surface area contributed by atoms with Gasteiger partial charge in [0.05, 0.1) is 38.7 Å². The normalized spacial score (nSPS) is 10.8. The van der Waals surface area contributed by atoms with Crippen molar-refractivity contribution in [2.24, 2.45) is 0 Å². The molecule has 0 unspecified atom stereocenters. The topological polar surface area (TPSA) is 53.7 Å². The van der Waals surface area contributed by atoms with Crippen LogP contribution in [0.25, 0.3) is 0 Å². The Labute approximate surface area is 103 Å². The monoisotopic (exact) mass is 239 g/mol. The minimum atomic E-state index is 0.246. The van der Waals surface area contributed by atoms with Crippen LogP contribution < -0.4 is 10.5 Å². The van der Waals surface area contributed by atoms with Gasteiger partial charge < -0.3 is 19.9 Å². The highest BCUT2D eigenvalue weighted by Gasteiger charge is 2.01. The maximum absolute atomic E-state index is 5.80. The molecule has 4 nitrogen and oxygen atoms in total. The van der Waals surface area contributed by atoms with Crippen LogP contribution in [-0.4, -0.2) is 26.4 Å². The van der Waals surface area contributed by atoms with Gasteiger partial charge in [-0.15, -0.1) is 0 Å². The van der Waals surface area contributed by atoms with Crippen molar-refractivity contribution in [2.45, 2.75) is 26.6 Å². The van der Waals surface area contributed by atoms with Gasteiger partial charge in [0.15, 0.2) is 0 Å². The maximum atomic E-state index is 5.80. The van der Waals surface area contributed by atoms with Gasteiger partial charge in [-0.1, -0.05) is 6.07 Å². The molecule has 2 N–H and O–H groups in total. The molecule has 96 valence electrons. The Balaban J connectivity index is 2.30. The van der Waals surface area contributed by atoms with Gasteiger partial charge in [0, 0.05) is 0 Å². The number of benzene rings is 1. The van der Waals surface area contributed by atoms with Crippen molar-refractivity contribution in [3.05, 3.63) is 23.8 Å². The molecule has 0 fully saturated rings. The van der Waals surface area contributed by atoms with Crippen molar-refractivity contribution in [3.8, 4) is 5.75 Å². The lowest BCUT2D eigenvalue weighted by atomic mass is 10.2. The molecule has 1 aromatic rings. The highest BCUT2D eigenvalue weighted by molar-refractivity contribution is 5.54. The maximum Gasteiger partial charge on any atom is 0.141 e. The van der Waals surface area contributed by atoms with Crippen LogP contribution in [0, 0.1) is 0 Å². The lowest BCUT2D eigenvalue weighted by Gasteiger charge is -2.09. The number of nitrogens with two attached hydrogens (primary N) is 1. The van der Waals surface area contributed by atoms with Crippen LogP contribution in [-0.2, 0) is 16.1 Å². The standard InChI is InChI=1S/C13H21NO3/c1-10(2)17-7-6-16-9-11-4-5-13(15-3)12(14)8-11/h4-5,8,10H,6-7,9,14H2,1-3H3. The number of rotatable bonds is 7. The third kappa shape index (κ3) is 5.06. The van der Waals surface area contributed by atoms with Crippen molar-refractivity contribution in [1.29, 1.82) is 0 Å². The summed E-state index contributed by atoms with van der Waals surface area (Å²) >= 11 is 0. The predicted molar refractivity (Wildman–Crippen MR) is 68.2 cm³/mol. The molecule has 0 bridgehead atoms. The van der Waals surface area contributed by atoms with E-state index in [2.05, 4.69) is 0 Å². The van der Waals surface area contributed by atoms with Crippen LogP contribution in [0.15, 0.2) is 18.2 Å². The quantitative estimate of drug-likeness (QED) is 0.585. The van der Waals surface area contributed by atoms with Crippen molar-refractivity contribution >= 4 is 5.69 Å². The molecule has 0 saturated carbocycles. The number of nitrogen functional groups attached to an aromatic ring is 1. The average molecular weight is 239 g/mol. The summed E-state index contributed by atoms with van der Waals surface area (Å²) in [6, 6.07) is 5.65. The zero-order valence-corrected chi connectivity index (χ0v) is 10.7. The Morgan fingerprint density at radius 1 is 1.24 bits per heavy atom. The first kappa shape index (κ1) is 13.8. The number of hydrogen-bond acceptors (Lipinski definition) is 4. The molecular formula is C13H21NO3. The van der Waals surface area contributed by atoms with E-state index in [1.165, 1.54) is 0 Å². The lowest BCUT2D eigenvalue weighted by Crippen LogP contribution is -2.09. The van der Waals surface area contributed by atoms with Crippen molar-refractivity contribution < 1.29 is 14.2 Å². The summed E-state index contributed by atoms with van der Waals surface area (Å²) in [5.74, 6) is 0.692. The van der Waals surface area contributed by atoms with E-state index in [4.69, 9.17) is 19.9 Å². The van der Waals surface area contributed by atoms with Crippen LogP contribution in [0.2, 0.25) is 0 Å². The summed E-state index contributed by atoms with van der Waals surface area (Å²) in [5, 5.41) is 0. The molecule has 0 radical (unpaired) electrons. The van der Waals surface area contributed by atoms with Gasteiger partial charge in [0.2, 0.25) is 0 Å². The van der Waals surface area contributed by atoms with Gasteiger partial charge in [-0.25, -0.2) is 0 Å². The highest BCUT2D eigenvalue weighted by atomic mass is 16.5. The molecule has 1 aromatic carbocycles. The first-order valence-corrected chi connectivity index (χ1v) is 5.75. The van der Waals surface area contributed by atoms with Crippen LogP contribution in [0.3, 0.4) is 0 Å². The van der Waals surface area contributed by atoms with Crippen LogP contribution in [0.4, 0.5) is 5.69 Å². The average Bonchev–Trinajstić information content (AvgIpc) is 2.28. The summed E-state index contributed by atoms with van der Waals surface area (Å²) in [5.41, 5.74) is 7.46. The minimum Gasteiger partial charge on any atom is -0.495 e. The van der Waals surface area contributed by atoms with E-state index in [9.17, 15) is 0 Å². The van der Waals surface area contributed by atoms with Crippen molar-refractivity contribution in [2.75, 3.05) is 26.1 Å². The molecule has 4 heteroatoms. The molecule has 0 atom stereocenters. The summed E-state index contributed by atoms with van der Waals surface area (Å²) in [7, 11) is 1.60. The van der Waals surface area contributed by atoms with Crippen LogP contribution >= 0.6 is 0 Å². The number of anilines is 1. The van der Waals surface area contributed by atoms with E-state index < -0.39 is 0 Å². The Bertz CT molecular complexity index is 339. The van der Waals surface area contributed by atoms with Crippen LogP contribution in [0.1, 0.15) is 19.4 Å². The van der Waals surface area contributed by atoms with Crippen LogP contribution in [0.5, 0.6) is 5.75 Å². The summed E-state index contributed by atoms with van der Waals surface area (Å²) in [6.07, 6.45) is 0.246. The van der Waals surface area contributed by atoms with E-state index >= 15 is 0 Å². The third-order valence-corrected chi connectivity index (χ3v) is 2.24. The fraction of sp³-hybridized carbons (Fsp3) is 0.538. The largest absolute Gasteiger partial charge is 0.495 e. The summed E-state index contributed by atoms with van der Waals surface area (Å²) < 4.78 is 15.9. The molecule has 17 heavy (non-hydrogen) atoms. The second-order valence-electron chi connectivity index (χ2n) is 4.05. The predicted octanol–water partition coefficient (Wildman–Crippen LogP) is 2.22. The second-order valence-corrected chi connectivity index (χ2v) is 4.05. The number of hydrogen-bond donors (Lipinski definition) is 1. The van der Waals surface area contributed by atoms with Gasteiger partial charge in [-0.3, -0.25) is 0 Å². The van der Waals surface area contributed by atoms with E-state index in [0.717, 1.165) is 5.56 Å². The molecule has 0 aliphatic carbocycles. The van der Waals surface area contributed by atoms with Crippen molar-refractivity contribution in [3.63, 3.8) is 0 Å². The van der Waals surface area contributed by atoms with Gasteiger partial charge in [-0.2, -0.15) is 0 Å². The van der Waals surface area contributed by atoms with E-state index in [0.29, 0.717) is 31.3 Å². The fourth-order valence-electron chi connectivity index (χ4n) is 1.41. The van der Waals surface area contributed by atoms with E-state index in [1.54, 1.807) is 7.11 Å². The molecule has 0 aliphatic rings. The number of ether oxygens (including phenoxy) is 3. The van der Waals surface area contributed by atoms with Gasteiger partial charge in [-0.05, 0) is 31.5 Å². The molecule has 0 amide bonds. The van der Waals surface area contributed by atoms with Gasteiger partial charge >= 0.3 is 0 Å². The third-order valence-electron chi connectivity index (χ3n) is 2.24. The fourth-order valence-corrected chi connectivity index (χ4v) is 1.41. The minimum absolute atomic E-state index is 0.246. The zero-order chi connectivity index (χ0) is 12.7. The second kappa shape index (κ2) is 7.14. The lowest BCUT2D eigenvalue weighted by molar-refractivity contribution is 0.0143. The smallest absolute Gasteiger partial charge is 0.141 e. The summed E-state index contributed by atoms with van der Waals surface area (Å²) in [6.45, 7) is 5.75. The number of methoxy groups -OCH3 is 1. The van der Waals surface area contributed by atoms with E-state index in [1.807, 2.05) is 32.0 Å². The molecule has 0 aromatic heterocycles. The Morgan fingerprint density at radius 3 is 2.59 bits per heavy atom. The zero-order valence-electron chi connectivity index (χ0n) is 10.7. The molecule has 0 heterocycles. The van der Waals surface area contributed by atoms with Gasteiger partial charge in [0.25, 0.3) is 0 Å². The van der Waals surface area contributed by atoms with E-state index in [-0.39, 0.29) is 6.10 Å². The molecule has 0 saturated heterocycles. The highest BCUT2D eigenvalue weighted by Crippen LogP contribution is 2.22. The SMILES string of the molecule is COc1ccc(COCCOC(C)C)cc1N. The Kier molecular flexibility index (Phi) is 5.80. The molecule has 1 rings (SSSR count). The Morgan fingerprint density at radius 2 is 2.00 bits per heavy atom. The first-order chi connectivity index (χ1) is 8.13. The van der Waals surface area contributed by atoms with Crippen molar-refractivity contribution in [1.82, 2.24) is 0 Å². The Hall–Kier alpha value is -1.26.